The summed E-state index contributed by atoms with van der Waals surface area (Å²) in [6.07, 6.45) is 1.20. The topological polar surface area (TPSA) is 88.3 Å². The summed E-state index contributed by atoms with van der Waals surface area (Å²) in [6.45, 7) is 0.127. The van der Waals surface area contributed by atoms with Gasteiger partial charge in [0.1, 0.15) is 6.04 Å². The summed E-state index contributed by atoms with van der Waals surface area (Å²) >= 11 is 0. The van der Waals surface area contributed by atoms with Gasteiger partial charge in [-0.25, -0.2) is 0 Å². The zero-order chi connectivity index (χ0) is 13.9. The molecule has 1 N–H and O–H groups in total. The van der Waals surface area contributed by atoms with Gasteiger partial charge in [-0.1, -0.05) is 35.5 Å². The monoisotopic (exact) mass is 272 g/mol. The van der Waals surface area contributed by atoms with Crippen molar-refractivity contribution in [3.63, 3.8) is 0 Å². The van der Waals surface area contributed by atoms with Crippen LogP contribution in [-0.4, -0.2) is 33.4 Å². The molecule has 1 atom stereocenters. The summed E-state index contributed by atoms with van der Waals surface area (Å²) in [7, 11) is 0. The average Bonchev–Trinajstić information content (AvgIpc) is 2.97. The fraction of sp³-hybridized carbons (Fsp3) is 0.231. The molecule has 0 radical (unpaired) electrons. The average molecular weight is 272 g/mol. The molecule has 7 nitrogen and oxygen atoms in total. The number of piperazine rings is 1. The number of amides is 2. The maximum absolute atomic E-state index is 12.1. The maximum atomic E-state index is 12.1. The van der Waals surface area contributed by atoms with Crippen LogP contribution in [0.2, 0.25) is 0 Å². The first-order chi connectivity index (χ1) is 9.75. The van der Waals surface area contributed by atoms with Crippen LogP contribution in [0.15, 0.2) is 41.2 Å². The smallest absolute Gasteiger partial charge is 0.247 e. The third kappa shape index (κ3) is 2.25. The van der Waals surface area contributed by atoms with E-state index in [-0.39, 0.29) is 24.9 Å². The van der Waals surface area contributed by atoms with E-state index in [9.17, 15) is 9.59 Å². The van der Waals surface area contributed by atoms with Crippen molar-refractivity contribution in [2.75, 3.05) is 6.54 Å². The molecule has 1 saturated heterocycles. The minimum atomic E-state index is -0.670. The Morgan fingerprint density at radius 2 is 2.10 bits per heavy atom. The lowest BCUT2D eigenvalue weighted by Crippen LogP contribution is -2.53. The van der Waals surface area contributed by atoms with Crippen LogP contribution in [0, 0.1) is 0 Å². The van der Waals surface area contributed by atoms with E-state index in [4.69, 9.17) is 0 Å². The van der Waals surface area contributed by atoms with E-state index in [0.29, 0.717) is 5.82 Å². The number of carbonyl (C=O) groups excluding carboxylic acids is 2. The Balaban J connectivity index is 1.93. The van der Waals surface area contributed by atoms with Crippen LogP contribution in [0.3, 0.4) is 0 Å². The standard InChI is InChI=1S/C13H12N4O3/c18-11-6-14-13(19)12(9-4-2-1-3-5-9)17(11)7-10-15-8-20-16-10/h1-5,8,12H,6-7H2,(H,14,19). The van der Waals surface area contributed by atoms with E-state index in [1.54, 1.807) is 0 Å². The van der Waals surface area contributed by atoms with Gasteiger partial charge < -0.3 is 14.7 Å². The van der Waals surface area contributed by atoms with E-state index in [1.165, 1.54) is 11.3 Å². The van der Waals surface area contributed by atoms with Crippen molar-refractivity contribution in [1.29, 1.82) is 0 Å². The third-order valence-electron chi connectivity index (χ3n) is 3.13. The number of nitrogens with zero attached hydrogens (tertiary/aromatic N) is 3. The Morgan fingerprint density at radius 3 is 2.80 bits per heavy atom. The van der Waals surface area contributed by atoms with E-state index in [1.807, 2.05) is 30.3 Å². The Morgan fingerprint density at radius 1 is 1.30 bits per heavy atom. The maximum Gasteiger partial charge on any atom is 0.247 e. The molecule has 1 aromatic heterocycles. The predicted molar refractivity (Wildman–Crippen MR) is 67.0 cm³/mol. The molecule has 0 saturated carbocycles. The molecule has 0 aliphatic carbocycles. The molecule has 0 spiro atoms. The van der Waals surface area contributed by atoms with Crippen molar-refractivity contribution in [3.8, 4) is 0 Å². The van der Waals surface area contributed by atoms with E-state index in [2.05, 4.69) is 20.0 Å². The molecule has 102 valence electrons. The highest BCUT2D eigenvalue weighted by atomic mass is 16.5. The van der Waals surface area contributed by atoms with Crippen molar-refractivity contribution in [3.05, 3.63) is 48.1 Å². The van der Waals surface area contributed by atoms with Gasteiger partial charge in [-0.15, -0.1) is 0 Å². The Labute approximate surface area is 114 Å². The minimum absolute atomic E-state index is 0.0139. The lowest BCUT2D eigenvalue weighted by atomic mass is 10.0. The molecule has 1 fully saturated rings. The molecule has 0 bridgehead atoms. The molecule has 7 heteroatoms. The van der Waals surface area contributed by atoms with Gasteiger partial charge in [-0.2, -0.15) is 4.98 Å². The molecular formula is C13H12N4O3. The summed E-state index contributed by atoms with van der Waals surface area (Å²) in [4.78, 5) is 29.5. The number of hydrogen-bond donors (Lipinski definition) is 1. The fourth-order valence-electron chi connectivity index (χ4n) is 2.21. The zero-order valence-electron chi connectivity index (χ0n) is 10.5. The second-order valence-electron chi connectivity index (χ2n) is 4.40. The van der Waals surface area contributed by atoms with Gasteiger partial charge in [0.2, 0.25) is 18.2 Å². The first kappa shape index (κ1) is 12.3. The zero-order valence-corrected chi connectivity index (χ0v) is 10.5. The molecule has 20 heavy (non-hydrogen) atoms. The van der Waals surface area contributed by atoms with Crippen molar-refractivity contribution < 1.29 is 14.1 Å². The lowest BCUT2D eigenvalue weighted by molar-refractivity contribution is -0.146. The summed E-state index contributed by atoms with van der Waals surface area (Å²) in [5.74, 6) is -0.0171. The van der Waals surface area contributed by atoms with Crippen LogP contribution in [0.5, 0.6) is 0 Å². The summed E-state index contributed by atoms with van der Waals surface area (Å²) in [6, 6.07) is 8.46. The van der Waals surface area contributed by atoms with Crippen LogP contribution in [0.4, 0.5) is 0 Å². The van der Waals surface area contributed by atoms with Gasteiger partial charge in [0, 0.05) is 0 Å². The molecule has 1 aromatic carbocycles. The van der Waals surface area contributed by atoms with Gasteiger partial charge in [-0.3, -0.25) is 9.59 Å². The first-order valence-corrected chi connectivity index (χ1v) is 6.13. The van der Waals surface area contributed by atoms with Crippen LogP contribution in [0.1, 0.15) is 17.4 Å². The second-order valence-corrected chi connectivity index (χ2v) is 4.40. The third-order valence-corrected chi connectivity index (χ3v) is 3.13. The molecular weight excluding hydrogens is 260 g/mol. The van der Waals surface area contributed by atoms with Crippen molar-refractivity contribution in [1.82, 2.24) is 20.4 Å². The normalized spacial score (nSPS) is 19.0. The first-order valence-electron chi connectivity index (χ1n) is 6.13. The van der Waals surface area contributed by atoms with Crippen molar-refractivity contribution in [2.45, 2.75) is 12.6 Å². The van der Waals surface area contributed by atoms with Crippen molar-refractivity contribution >= 4 is 11.8 Å². The lowest BCUT2D eigenvalue weighted by Gasteiger charge is -2.34. The van der Waals surface area contributed by atoms with Crippen LogP contribution < -0.4 is 5.32 Å². The number of carbonyl (C=O) groups is 2. The molecule has 2 amide bonds. The number of nitrogens with one attached hydrogen (secondary N) is 1. The quantitative estimate of drug-likeness (QED) is 0.866. The van der Waals surface area contributed by atoms with Gasteiger partial charge in [0.05, 0.1) is 13.1 Å². The Bertz CT molecular complexity index is 612. The van der Waals surface area contributed by atoms with Crippen LogP contribution >= 0.6 is 0 Å². The van der Waals surface area contributed by atoms with E-state index < -0.39 is 6.04 Å². The van der Waals surface area contributed by atoms with Crippen molar-refractivity contribution in [2.24, 2.45) is 0 Å². The molecule has 2 heterocycles. The molecule has 3 rings (SSSR count). The van der Waals surface area contributed by atoms with Gasteiger partial charge in [-0.05, 0) is 5.56 Å². The summed E-state index contributed by atoms with van der Waals surface area (Å²) in [5, 5.41) is 6.28. The highest BCUT2D eigenvalue weighted by molar-refractivity contribution is 5.95. The Kier molecular flexibility index (Phi) is 3.16. The number of benzene rings is 1. The molecule has 2 aromatic rings. The van der Waals surface area contributed by atoms with Crippen LogP contribution in [0.25, 0.3) is 0 Å². The van der Waals surface area contributed by atoms with Gasteiger partial charge >= 0.3 is 0 Å². The van der Waals surface area contributed by atoms with Gasteiger partial charge in [0.25, 0.3) is 0 Å². The highest BCUT2D eigenvalue weighted by Gasteiger charge is 2.36. The van der Waals surface area contributed by atoms with E-state index >= 15 is 0 Å². The number of aromatic nitrogens is 2. The molecule has 1 unspecified atom stereocenters. The molecule has 1 aliphatic heterocycles. The minimum Gasteiger partial charge on any atom is -0.345 e. The predicted octanol–water partition coefficient (Wildman–Crippen LogP) is 0.269. The second kappa shape index (κ2) is 5.12. The number of hydrogen-bond acceptors (Lipinski definition) is 5. The van der Waals surface area contributed by atoms with Crippen LogP contribution in [-0.2, 0) is 16.1 Å². The fourth-order valence-corrected chi connectivity index (χ4v) is 2.21. The largest absolute Gasteiger partial charge is 0.345 e. The highest BCUT2D eigenvalue weighted by Crippen LogP contribution is 2.24. The number of rotatable bonds is 3. The summed E-state index contributed by atoms with van der Waals surface area (Å²) in [5.41, 5.74) is 0.751. The molecule has 1 aliphatic rings. The SMILES string of the molecule is O=C1NCC(=O)N(Cc2ncon2)C1c1ccccc1. The van der Waals surface area contributed by atoms with Gasteiger partial charge in [0.15, 0.2) is 5.82 Å². The summed E-state index contributed by atoms with van der Waals surface area (Å²) < 4.78 is 4.66. The Hall–Kier alpha value is -2.70. The van der Waals surface area contributed by atoms with E-state index in [0.717, 1.165) is 5.56 Å².